The molecular weight excluding hydrogens is 308 g/mol. The Hall–Kier alpha value is -2.67. The fourth-order valence-corrected chi connectivity index (χ4v) is 2.31. The largest absolute Gasteiger partial charge is 0.481 e. The number of anilines is 2. The minimum Gasteiger partial charge on any atom is -0.481 e. The predicted molar refractivity (Wildman–Crippen MR) is 90.2 cm³/mol. The van der Waals surface area contributed by atoms with Gasteiger partial charge in [0, 0.05) is 13.1 Å². The lowest BCUT2D eigenvalue weighted by atomic mass is 10.3. The Morgan fingerprint density at radius 2 is 1.88 bits per heavy atom. The Bertz CT molecular complexity index is 657. The molecule has 1 aliphatic rings. The highest BCUT2D eigenvalue weighted by molar-refractivity contribution is 5.93. The SMILES string of the molecule is C[C@@H](Oc1ccccc1)C(=O)Nc1cnc(N2CCOCC2)nc1. The molecule has 24 heavy (non-hydrogen) atoms. The van der Waals surface area contributed by atoms with Crippen molar-refractivity contribution in [1.82, 2.24) is 9.97 Å². The standard InChI is InChI=1S/C17H20N4O3/c1-13(24-15-5-3-2-4-6-15)16(22)20-14-11-18-17(19-12-14)21-7-9-23-10-8-21/h2-6,11-13H,7-10H2,1H3,(H,20,22)/t13-/m1/s1. The van der Waals surface area contributed by atoms with E-state index in [0.29, 0.717) is 30.6 Å². The van der Waals surface area contributed by atoms with E-state index in [0.717, 1.165) is 13.1 Å². The lowest BCUT2D eigenvalue weighted by molar-refractivity contribution is -0.122. The highest BCUT2D eigenvalue weighted by atomic mass is 16.5. The van der Waals surface area contributed by atoms with Crippen LogP contribution in [0.2, 0.25) is 0 Å². The maximum Gasteiger partial charge on any atom is 0.265 e. The van der Waals surface area contributed by atoms with E-state index in [1.54, 1.807) is 19.3 Å². The monoisotopic (exact) mass is 328 g/mol. The zero-order chi connectivity index (χ0) is 16.8. The van der Waals surface area contributed by atoms with E-state index in [2.05, 4.69) is 20.2 Å². The van der Waals surface area contributed by atoms with Gasteiger partial charge >= 0.3 is 0 Å². The third-order valence-corrected chi connectivity index (χ3v) is 3.62. The number of morpholine rings is 1. The first-order chi connectivity index (χ1) is 11.7. The van der Waals surface area contributed by atoms with Crippen LogP contribution >= 0.6 is 0 Å². The number of amides is 1. The summed E-state index contributed by atoms with van der Waals surface area (Å²) in [6.07, 6.45) is 2.59. The van der Waals surface area contributed by atoms with E-state index in [1.165, 1.54) is 0 Å². The van der Waals surface area contributed by atoms with Gasteiger partial charge in [0.25, 0.3) is 5.91 Å². The predicted octanol–water partition coefficient (Wildman–Crippen LogP) is 1.72. The first-order valence-electron chi connectivity index (χ1n) is 7.90. The third-order valence-electron chi connectivity index (χ3n) is 3.62. The number of aromatic nitrogens is 2. The van der Waals surface area contributed by atoms with E-state index in [9.17, 15) is 4.79 Å². The summed E-state index contributed by atoms with van der Waals surface area (Å²) in [6.45, 7) is 4.60. The van der Waals surface area contributed by atoms with Crippen LogP contribution in [-0.2, 0) is 9.53 Å². The van der Waals surface area contributed by atoms with E-state index in [1.807, 2.05) is 30.3 Å². The molecule has 1 aromatic heterocycles. The fourth-order valence-electron chi connectivity index (χ4n) is 2.31. The van der Waals surface area contributed by atoms with Crippen LogP contribution in [0.15, 0.2) is 42.7 Å². The van der Waals surface area contributed by atoms with E-state index in [-0.39, 0.29) is 5.91 Å². The van der Waals surface area contributed by atoms with Crippen molar-refractivity contribution in [2.75, 3.05) is 36.5 Å². The molecule has 0 radical (unpaired) electrons. The Morgan fingerprint density at radius 1 is 1.21 bits per heavy atom. The molecule has 2 aromatic rings. The quantitative estimate of drug-likeness (QED) is 0.900. The van der Waals surface area contributed by atoms with Gasteiger partial charge < -0.3 is 19.7 Å². The lowest BCUT2D eigenvalue weighted by Gasteiger charge is -2.26. The van der Waals surface area contributed by atoms with Crippen LogP contribution in [0.4, 0.5) is 11.6 Å². The third kappa shape index (κ3) is 4.20. The molecule has 1 saturated heterocycles. The number of carbonyl (C=O) groups is 1. The smallest absolute Gasteiger partial charge is 0.265 e. The fraction of sp³-hybridized carbons (Fsp3) is 0.353. The van der Waals surface area contributed by atoms with Crippen molar-refractivity contribution in [1.29, 1.82) is 0 Å². The molecule has 126 valence electrons. The zero-order valence-corrected chi connectivity index (χ0v) is 13.5. The van der Waals surface area contributed by atoms with Crippen molar-refractivity contribution in [3.05, 3.63) is 42.7 Å². The number of benzene rings is 1. The molecule has 0 spiro atoms. The lowest BCUT2D eigenvalue weighted by Crippen LogP contribution is -2.37. The number of ether oxygens (including phenoxy) is 2. The van der Waals surface area contributed by atoms with Gasteiger partial charge in [-0.15, -0.1) is 0 Å². The molecule has 1 fully saturated rings. The van der Waals surface area contributed by atoms with Crippen LogP contribution in [0.25, 0.3) is 0 Å². The topological polar surface area (TPSA) is 76.6 Å². The van der Waals surface area contributed by atoms with Gasteiger partial charge in [-0.2, -0.15) is 0 Å². The van der Waals surface area contributed by atoms with Gasteiger partial charge in [0.2, 0.25) is 5.95 Å². The van der Waals surface area contributed by atoms with Gasteiger partial charge in [0.15, 0.2) is 6.10 Å². The van der Waals surface area contributed by atoms with E-state index < -0.39 is 6.10 Å². The summed E-state index contributed by atoms with van der Waals surface area (Å²) < 4.78 is 10.9. The summed E-state index contributed by atoms with van der Waals surface area (Å²) >= 11 is 0. The number of nitrogens with zero attached hydrogens (tertiary/aromatic N) is 3. The van der Waals surface area contributed by atoms with Gasteiger partial charge in [-0.05, 0) is 19.1 Å². The molecule has 0 aliphatic carbocycles. The Morgan fingerprint density at radius 3 is 2.54 bits per heavy atom. The molecule has 7 nitrogen and oxygen atoms in total. The second-order valence-electron chi connectivity index (χ2n) is 5.43. The summed E-state index contributed by atoms with van der Waals surface area (Å²) in [5.41, 5.74) is 0.542. The van der Waals surface area contributed by atoms with Crippen LogP contribution in [-0.4, -0.2) is 48.3 Å². The second kappa shape index (κ2) is 7.74. The number of hydrogen-bond acceptors (Lipinski definition) is 6. The molecule has 0 unspecified atom stereocenters. The Balaban J connectivity index is 1.55. The number of para-hydroxylation sites is 1. The average Bonchev–Trinajstić information content (AvgIpc) is 2.64. The van der Waals surface area contributed by atoms with Gasteiger partial charge in [0.1, 0.15) is 5.75 Å². The zero-order valence-electron chi connectivity index (χ0n) is 13.5. The van der Waals surface area contributed by atoms with Crippen LogP contribution in [0, 0.1) is 0 Å². The van der Waals surface area contributed by atoms with Crippen LogP contribution < -0.4 is 15.0 Å². The highest BCUT2D eigenvalue weighted by Gasteiger charge is 2.16. The molecule has 1 N–H and O–H groups in total. The van der Waals surface area contributed by atoms with Crippen LogP contribution in [0.3, 0.4) is 0 Å². The van der Waals surface area contributed by atoms with Crippen LogP contribution in [0.5, 0.6) is 5.75 Å². The number of carbonyl (C=O) groups excluding carboxylic acids is 1. The van der Waals surface area contributed by atoms with E-state index in [4.69, 9.17) is 9.47 Å². The molecule has 0 bridgehead atoms. The molecule has 7 heteroatoms. The van der Waals surface area contributed by atoms with Crippen molar-refractivity contribution < 1.29 is 14.3 Å². The molecule has 1 aliphatic heterocycles. The molecule has 2 heterocycles. The summed E-state index contributed by atoms with van der Waals surface area (Å²) in [5.74, 6) is 1.05. The molecule has 3 rings (SSSR count). The molecule has 1 atom stereocenters. The van der Waals surface area contributed by atoms with E-state index >= 15 is 0 Å². The molecular formula is C17H20N4O3. The van der Waals surface area contributed by atoms with Gasteiger partial charge in [-0.25, -0.2) is 9.97 Å². The van der Waals surface area contributed by atoms with Crippen molar-refractivity contribution in [3.63, 3.8) is 0 Å². The van der Waals surface area contributed by atoms with Crippen molar-refractivity contribution >= 4 is 17.5 Å². The summed E-state index contributed by atoms with van der Waals surface area (Å²) in [6, 6.07) is 9.23. The summed E-state index contributed by atoms with van der Waals surface area (Å²) in [5, 5.41) is 2.76. The highest BCUT2D eigenvalue weighted by Crippen LogP contribution is 2.14. The Labute approximate surface area is 140 Å². The van der Waals surface area contributed by atoms with Crippen molar-refractivity contribution in [3.8, 4) is 5.75 Å². The van der Waals surface area contributed by atoms with Crippen molar-refractivity contribution in [2.24, 2.45) is 0 Å². The minimum absolute atomic E-state index is 0.249. The maximum atomic E-state index is 12.2. The average molecular weight is 328 g/mol. The Kier molecular flexibility index (Phi) is 5.22. The maximum absolute atomic E-state index is 12.2. The van der Waals surface area contributed by atoms with Gasteiger partial charge in [-0.1, -0.05) is 18.2 Å². The first-order valence-corrected chi connectivity index (χ1v) is 7.90. The van der Waals surface area contributed by atoms with Gasteiger partial charge in [-0.3, -0.25) is 4.79 Å². The summed E-state index contributed by atoms with van der Waals surface area (Å²) in [7, 11) is 0. The van der Waals surface area contributed by atoms with Crippen LogP contribution in [0.1, 0.15) is 6.92 Å². The van der Waals surface area contributed by atoms with Gasteiger partial charge in [0.05, 0.1) is 31.3 Å². The molecule has 1 aromatic carbocycles. The van der Waals surface area contributed by atoms with Crippen molar-refractivity contribution in [2.45, 2.75) is 13.0 Å². The molecule has 1 amide bonds. The number of hydrogen-bond donors (Lipinski definition) is 1. The summed E-state index contributed by atoms with van der Waals surface area (Å²) in [4.78, 5) is 22.8. The second-order valence-corrected chi connectivity index (χ2v) is 5.43. The molecule has 0 saturated carbocycles. The minimum atomic E-state index is -0.619. The normalized spacial score (nSPS) is 15.6. The number of nitrogens with one attached hydrogen (secondary N) is 1. The first kappa shape index (κ1) is 16.2. The number of rotatable bonds is 5.